The van der Waals surface area contributed by atoms with Crippen LogP contribution in [0, 0.1) is 19.7 Å². The number of nitrogens with one attached hydrogen (secondary N) is 1. The van der Waals surface area contributed by atoms with Crippen molar-refractivity contribution in [3.05, 3.63) is 98.1 Å². The monoisotopic (exact) mass is 505 g/mol. The van der Waals surface area contributed by atoms with Crippen molar-refractivity contribution >= 4 is 46.1 Å². The summed E-state index contributed by atoms with van der Waals surface area (Å²) in [6.45, 7) is 4.36. The van der Waals surface area contributed by atoms with E-state index in [0.717, 1.165) is 34.4 Å². The molecule has 0 aliphatic carbocycles. The summed E-state index contributed by atoms with van der Waals surface area (Å²) in [6.07, 6.45) is 0.725. The third kappa shape index (κ3) is 4.45. The van der Waals surface area contributed by atoms with Gasteiger partial charge in [0.25, 0.3) is 11.8 Å². The number of aryl methyl sites for hydroxylation is 2. The lowest BCUT2D eigenvalue weighted by molar-refractivity contribution is 0.0985. The molecule has 1 aliphatic heterocycles. The Bertz CT molecular complexity index is 1480. The van der Waals surface area contributed by atoms with E-state index in [0.29, 0.717) is 23.4 Å². The lowest BCUT2D eigenvalue weighted by Gasteiger charge is -2.24. The summed E-state index contributed by atoms with van der Waals surface area (Å²) in [4.78, 5) is 34.0. The molecule has 3 aromatic carbocycles. The first-order valence-electron chi connectivity index (χ1n) is 11.1. The van der Waals surface area contributed by atoms with Crippen LogP contribution in [0.3, 0.4) is 0 Å². The molecule has 0 unspecified atom stereocenters. The molecule has 2 amide bonds. The summed E-state index contributed by atoms with van der Waals surface area (Å²) < 4.78 is 13.6. The predicted molar refractivity (Wildman–Crippen MR) is 138 cm³/mol. The van der Waals surface area contributed by atoms with Gasteiger partial charge in [-0.1, -0.05) is 29.8 Å². The molecular weight excluding hydrogens is 485 g/mol. The Morgan fingerprint density at radius 2 is 1.86 bits per heavy atom. The number of rotatable bonds is 3. The zero-order valence-corrected chi connectivity index (χ0v) is 20.6. The van der Waals surface area contributed by atoms with Crippen molar-refractivity contribution in [2.45, 2.75) is 20.3 Å². The molecule has 1 aliphatic rings. The van der Waals surface area contributed by atoms with E-state index in [-0.39, 0.29) is 16.5 Å². The van der Waals surface area contributed by atoms with Gasteiger partial charge < -0.3 is 10.2 Å². The van der Waals surface area contributed by atoms with Crippen molar-refractivity contribution in [2.75, 3.05) is 16.8 Å². The lowest BCUT2D eigenvalue weighted by Crippen LogP contribution is -2.33. The highest BCUT2D eigenvalue weighted by Gasteiger charge is 2.27. The molecule has 4 aromatic rings. The number of hydrogen-bond acceptors (Lipinski definition) is 4. The molecule has 0 fully saturated rings. The Hall–Kier alpha value is -3.55. The van der Waals surface area contributed by atoms with E-state index in [4.69, 9.17) is 16.6 Å². The number of benzene rings is 3. The molecule has 8 heteroatoms. The summed E-state index contributed by atoms with van der Waals surface area (Å²) in [5, 5.41) is 3.90. The molecular formula is C27H21ClFN3O2S. The summed E-state index contributed by atoms with van der Waals surface area (Å²) in [5.41, 5.74) is 4.51. The van der Waals surface area contributed by atoms with Crippen LogP contribution in [0.4, 0.5) is 15.8 Å². The summed E-state index contributed by atoms with van der Waals surface area (Å²) in [7, 11) is 0. The first-order chi connectivity index (χ1) is 16.8. The van der Waals surface area contributed by atoms with Crippen LogP contribution in [0.2, 0.25) is 5.02 Å². The molecule has 2 heterocycles. The molecule has 0 saturated carbocycles. The number of fused-ring (bicyclic) bond motifs is 3. The van der Waals surface area contributed by atoms with Crippen LogP contribution in [0.5, 0.6) is 0 Å². The second kappa shape index (κ2) is 9.24. The standard InChI is InChI=1S/C27H21ClFN3O2S/c1-15-13-18(31-26(33)21-14-17(29)7-10-22(21)28)8-9-19(15)27(34)32-12-11-24-25(30-16(2)35-24)20-5-3-4-6-23(20)32/h3-10,13-14H,11-12H2,1-2H3,(H,31,33). The highest BCUT2D eigenvalue weighted by atomic mass is 35.5. The van der Waals surface area contributed by atoms with Gasteiger partial charge in [0.05, 0.1) is 27.0 Å². The van der Waals surface area contributed by atoms with Crippen LogP contribution in [0.25, 0.3) is 11.3 Å². The molecule has 1 N–H and O–H groups in total. The van der Waals surface area contributed by atoms with Gasteiger partial charge in [-0.2, -0.15) is 0 Å². The topological polar surface area (TPSA) is 62.3 Å². The molecule has 1 aromatic heterocycles. The van der Waals surface area contributed by atoms with Crippen molar-refractivity contribution in [1.82, 2.24) is 4.98 Å². The average Bonchev–Trinajstić information content (AvgIpc) is 3.14. The van der Waals surface area contributed by atoms with Crippen LogP contribution in [-0.4, -0.2) is 23.3 Å². The average molecular weight is 506 g/mol. The minimum absolute atomic E-state index is 0.0435. The van der Waals surface area contributed by atoms with Crippen LogP contribution in [0.15, 0.2) is 60.7 Å². The molecule has 0 spiro atoms. The predicted octanol–water partition coefficient (Wildman–Crippen LogP) is 6.67. The van der Waals surface area contributed by atoms with Gasteiger partial charge in [-0.25, -0.2) is 9.37 Å². The number of para-hydroxylation sites is 1. The normalized spacial score (nSPS) is 12.5. The SMILES string of the molecule is Cc1nc2c(s1)CCN(C(=O)c1ccc(NC(=O)c3cc(F)ccc3Cl)cc1C)c1ccccc1-2. The summed E-state index contributed by atoms with van der Waals surface area (Å²) in [5.74, 6) is -1.19. The fourth-order valence-corrected chi connectivity index (χ4v) is 5.44. The van der Waals surface area contributed by atoms with E-state index in [1.807, 2.05) is 38.1 Å². The maximum atomic E-state index is 13.7. The van der Waals surface area contributed by atoms with E-state index in [9.17, 15) is 14.0 Å². The highest BCUT2D eigenvalue weighted by molar-refractivity contribution is 7.12. The van der Waals surface area contributed by atoms with Gasteiger partial charge in [0, 0.05) is 34.7 Å². The fraction of sp³-hybridized carbons (Fsp3) is 0.148. The minimum Gasteiger partial charge on any atom is -0.322 e. The quantitative estimate of drug-likeness (QED) is 0.338. The largest absolute Gasteiger partial charge is 0.322 e. The summed E-state index contributed by atoms with van der Waals surface area (Å²) >= 11 is 7.71. The van der Waals surface area contributed by atoms with E-state index in [2.05, 4.69) is 5.32 Å². The van der Waals surface area contributed by atoms with Gasteiger partial charge in [-0.3, -0.25) is 9.59 Å². The zero-order chi connectivity index (χ0) is 24.7. The number of thiazole rings is 1. The number of anilines is 2. The number of carbonyl (C=O) groups excluding carboxylic acids is 2. The van der Waals surface area contributed by atoms with E-state index in [1.165, 1.54) is 17.0 Å². The van der Waals surface area contributed by atoms with Gasteiger partial charge in [-0.15, -0.1) is 11.3 Å². The Kier molecular flexibility index (Phi) is 6.13. The second-order valence-corrected chi connectivity index (χ2v) is 10.0. The Morgan fingerprint density at radius 3 is 2.66 bits per heavy atom. The van der Waals surface area contributed by atoms with Crippen LogP contribution in [-0.2, 0) is 6.42 Å². The summed E-state index contributed by atoms with van der Waals surface area (Å²) in [6, 6.07) is 16.5. The van der Waals surface area contributed by atoms with Gasteiger partial charge in [0.2, 0.25) is 0 Å². The number of amides is 2. The molecule has 176 valence electrons. The second-order valence-electron chi connectivity index (χ2n) is 8.34. The van der Waals surface area contributed by atoms with Crippen molar-refractivity contribution in [3.63, 3.8) is 0 Å². The van der Waals surface area contributed by atoms with Gasteiger partial charge in [0.15, 0.2) is 0 Å². The van der Waals surface area contributed by atoms with E-state index >= 15 is 0 Å². The number of nitrogens with zero attached hydrogens (tertiary/aromatic N) is 2. The number of carbonyl (C=O) groups is 2. The maximum absolute atomic E-state index is 13.7. The molecule has 0 atom stereocenters. The van der Waals surface area contributed by atoms with Crippen LogP contribution >= 0.6 is 22.9 Å². The fourth-order valence-electron chi connectivity index (χ4n) is 4.30. The molecule has 5 rings (SSSR count). The molecule has 0 bridgehead atoms. The Balaban J connectivity index is 1.42. The van der Waals surface area contributed by atoms with Crippen LogP contribution < -0.4 is 10.2 Å². The van der Waals surface area contributed by atoms with Gasteiger partial charge >= 0.3 is 0 Å². The van der Waals surface area contributed by atoms with Gasteiger partial charge in [-0.05, 0) is 61.9 Å². The number of halogens is 2. The third-order valence-electron chi connectivity index (χ3n) is 5.95. The first-order valence-corrected chi connectivity index (χ1v) is 12.3. The smallest absolute Gasteiger partial charge is 0.258 e. The Morgan fingerprint density at radius 1 is 1.06 bits per heavy atom. The third-order valence-corrected chi connectivity index (χ3v) is 7.31. The van der Waals surface area contributed by atoms with E-state index in [1.54, 1.807) is 34.4 Å². The van der Waals surface area contributed by atoms with Crippen molar-refractivity contribution in [3.8, 4) is 11.3 Å². The van der Waals surface area contributed by atoms with Crippen molar-refractivity contribution in [1.29, 1.82) is 0 Å². The van der Waals surface area contributed by atoms with Crippen LogP contribution in [0.1, 0.15) is 36.2 Å². The molecule has 0 radical (unpaired) electrons. The number of hydrogen-bond donors (Lipinski definition) is 1. The molecule has 0 saturated heterocycles. The maximum Gasteiger partial charge on any atom is 0.258 e. The number of aromatic nitrogens is 1. The molecule has 35 heavy (non-hydrogen) atoms. The zero-order valence-electron chi connectivity index (χ0n) is 19.1. The van der Waals surface area contributed by atoms with Crippen molar-refractivity contribution < 1.29 is 14.0 Å². The van der Waals surface area contributed by atoms with E-state index < -0.39 is 11.7 Å². The van der Waals surface area contributed by atoms with Crippen molar-refractivity contribution in [2.24, 2.45) is 0 Å². The highest BCUT2D eigenvalue weighted by Crippen LogP contribution is 2.39. The Labute approximate surface area is 211 Å². The minimum atomic E-state index is -0.547. The molecule has 5 nitrogen and oxygen atoms in total. The first kappa shape index (κ1) is 23.2. The van der Waals surface area contributed by atoms with Gasteiger partial charge in [0.1, 0.15) is 5.82 Å². The lowest BCUT2D eigenvalue weighted by atomic mass is 10.0.